The number of H-pyrrole nitrogens is 1. The van der Waals surface area contributed by atoms with Crippen molar-refractivity contribution < 1.29 is 9.84 Å². The first-order valence-electron chi connectivity index (χ1n) is 5.60. The van der Waals surface area contributed by atoms with Crippen LogP contribution in [0, 0.1) is 0 Å². The number of anilines is 2. The number of nitrogens with zero attached hydrogens (tertiary/aromatic N) is 2. The average molecular weight is 256 g/mol. The molecule has 100 valence electrons. The Morgan fingerprint density at radius 3 is 2.94 bits per heavy atom. The first-order chi connectivity index (χ1) is 8.56. The molecular weight excluding hydrogens is 240 g/mol. The quantitative estimate of drug-likeness (QED) is 0.556. The Balaban J connectivity index is 2.53. The zero-order valence-corrected chi connectivity index (χ0v) is 10.0. The van der Waals surface area contributed by atoms with Gasteiger partial charge in [-0.15, -0.1) is 0 Å². The highest BCUT2D eigenvalue weighted by Crippen LogP contribution is 2.20. The molecule has 1 unspecified atom stereocenters. The lowest BCUT2D eigenvalue weighted by Crippen LogP contribution is -2.51. The second-order valence-electron chi connectivity index (χ2n) is 4.16. The van der Waals surface area contributed by atoms with Crippen LogP contribution in [0.4, 0.5) is 11.5 Å². The molecule has 1 fully saturated rings. The average Bonchev–Trinajstić information content (AvgIpc) is 2.37. The highest BCUT2D eigenvalue weighted by Gasteiger charge is 2.27. The second-order valence-corrected chi connectivity index (χ2v) is 4.16. The largest absolute Gasteiger partial charge is 0.394 e. The summed E-state index contributed by atoms with van der Waals surface area (Å²) in [5, 5.41) is 9.29. The van der Waals surface area contributed by atoms with Gasteiger partial charge in [-0.2, -0.15) is 0 Å². The first kappa shape index (κ1) is 12.7. The van der Waals surface area contributed by atoms with Crippen LogP contribution in [0.5, 0.6) is 0 Å². The second kappa shape index (κ2) is 4.83. The van der Waals surface area contributed by atoms with E-state index in [4.69, 9.17) is 10.5 Å². The van der Waals surface area contributed by atoms with Crippen LogP contribution in [0.15, 0.2) is 9.59 Å². The molecule has 1 aromatic rings. The van der Waals surface area contributed by atoms with Gasteiger partial charge in [0.2, 0.25) is 0 Å². The molecule has 0 bridgehead atoms. The van der Waals surface area contributed by atoms with Gasteiger partial charge in [0.1, 0.15) is 11.5 Å². The summed E-state index contributed by atoms with van der Waals surface area (Å²) in [6.45, 7) is 1.05. The van der Waals surface area contributed by atoms with Crippen LogP contribution in [-0.4, -0.2) is 47.1 Å². The fourth-order valence-corrected chi connectivity index (χ4v) is 2.00. The third-order valence-corrected chi connectivity index (χ3v) is 3.07. The van der Waals surface area contributed by atoms with Crippen molar-refractivity contribution in [3.05, 3.63) is 20.8 Å². The number of aromatic amines is 1. The molecule has 1 aromatic heterocycles. The highest BCUT2D eigenvalue weighted by molar-refractivity contribution is 5.63. The van der Waals surface area contributed by atoms with Crippen molar-refractivity contribution >= 4 is 11.5 Å². The van der Waals surface area contributed by atoms with Crippen molar-refractivity contribution in [1.82, 2.24) is 9.55 Å². The molecule has 1 atom stereocenters. The van der Waals surface area contributed by atoms with Crippen LogP contribution < -0.4 is 21.9 Å². The molecule has 1 saturated heterocycles. The van der Waals surface area contributed by atoms with Crippen molar-refractivity contribution in [1.29, 1.82) is 0 Å². The number of ether oxygens (including phenoxy) is 1. The van der Waals surface area contributed by atoms with E-state index in [0.717, 1.165) is 0 Å². The first-order valence-corrected chi connectivity index (χ1v) is 5.60. The van der Waals surface area contributed by atoms with Gasteiger partial charge >= 0.3 is 5.69 Å². The lowest BCUT2D eigenvalue weighted by molar-refractivity contribution is 0.0726. The summed E-state index contributed by atoms with van der Waals surface area (Å²) >= 11 is 0. The number of hydrogen-bond donors (Lipinski definition) is 3. The molecule has 0 spiro atoms. The number of aromatic nitrogens is 2. The van der Waals surface area contributed by atoms with E-state index in [-0.39, 0.29) is 24.2 Å². The molecule has 0 aliphatic carbocycles. The van der Waals surface area contributed by atoms with Crippen molar-refractivity contribution in [2.24, 2.45) is 7.05 Å². The monoisotopic (exact) mass is 256 g/mol. The SMILES string of the molecule is Cn1c(N)c(N2CCOCC2CO)c(=O)[nH]c1=O. The van der Waals surface area contributed by atoms with E-state index in [9.17, 15) is 14.7 Å². The molecule has 0 saturated carbocycles. The maximum Gasteiger partial charge on any atom is 0.329 e. The van der Waals surface area contributed by atoms with Gasteiger partial charge in [-0.25, -0.2) is 4.79 Å². The van der Waals surface area contributed by atoms with Gasteiger partial charge in [0.15, 0.2) is 0 Å². The van der Waals surface area contributed by atoms with Gasteiger partial charge in [-0.3, -0.25) is 14.3 Å². The third kappa shape index (κ3) is 2.00. The molecule has 18 heavy (non-hydrogen) atoms. The molecule has 1 aliphatic rings. The maximum absolute atomic E-state index is 11.9. The van der Waals surface area contributed by atoms with Gasteiger partial charge in [0.25, 0.3) is 5.56 Å². The minimum Gasteiger partial charge on any atom is -0.394 e. The van der Waals surface area contributed by atoms with E-state index in [1.54, 1.807) is 4.90 Å². The van der Waals surface area contributed by atoms with Crippen molar-refractivity contribution in [3.63, 3.8) is 0 Å². The Morgan fingerprint density at radius 1 is 1.56 bits per heavy atom. The van der Waals surface area contributed by atoms with E-state index < -0.39 is 11.2 Å². The fraction of sp³-hybridized carbons (Fsp3) is 0.600. The van der Waals surface area contributed by atoms with Gasteiger partial charge in [-0.1, -0.05) is 0 Å². The van der Waals surface area contributed by atoms with Crippen LogP contribution in [0.2, 0.25) is 0 Å². The Morgan fingerprint density at radius 2 is 2.28 bits per heavy atom. The number of nitrogens with two attached hydrogens (primary N) is 1. The molecule has 8 nitrogen and oxygen atoms in total. The summed E-state index contributed by atoms with van der Waals surface area (Å²) in [6.07, 6.45) is 0. The van der Waals surface area contributed by atoms with Gasteiger partial charge in [0.05, 0.1) is 25.9 Å². The van der Waals surface area contributed by atoms with E-state index in [0.29, 0.717) is 19.8 Å². The van der Waals surface area contributed by atoms with E-state index in [1.807, 2.05) is 0 Å². The molecule has 4 N–H and O–H groups in total. The standard InChI is InChI=1S/C10H16N4O4/c1-13-8(11)7(9(16)12-10(13)17)14-2-3-18-5-6(14)4-15/h6,15H,2-5,11H2,1H3,(H,12,16,17). The number of morpholine rings is 1. The number of nitrogen functional groups attached to an aromatic ring is 1. The summed E-state index contributed by atoms with van der Waals surface area (Å²) in [5.74, 6) is 0.0871. The summed E-state index contributed by atoms with van der Waals surface area (Å²) in [4.78, 5) is 27.1. The minimum absolute atomic E-state index is 0.0871. The lowest BCUT2D eigenvalue weighted by Gasteiger charge is -2.36. The molecule has 0 aromatic carbocycles. The molecule has 0 radical (unpaired) electrons. The third-order valence-electron chi connectivity index (χ3n) is 3.07. The van der Waals surface area contributed by atoms with Crippen molar-refractivity contribution in [3.8, 4) is 0 Å². The van der Waals surface area contributed by atoms with Crippen molar-refractivity contribution in [2.45, 2.75) is 6.04 Å². The molecule has 8 heteroatoms. The lowest BCUT2D eigenvalue weighted by atomic mass is 10.2. The van der Waals surface area contributed by atoms with Crippen LogP contribution in [0.25, 0.3) is 0 Å². The number of aliphatic hydroxyl groups excluding tert-OH is 1. The Bertz CT molecular complexity index is 550. The summed E-state index contributed by atoms with van der Waals surface area (Å²) in [6, 6.07) is -0.334. The summed E-state index contributed by atoms with van der Waals surface area (Å²) in [7, 11) is 1.48. The molecule has 1 aliphatic heterocycles. The smallest absolute Gasteiger partial charge is 0.329 e. The Labute approximate surface area is 103 Å². The maximum atomic E-state index is 11.9. The number of rotatable bonds is 2. The Kier molecular flexibility index (Phi) is 3.39. The van der Waals surface area contributed by atoms with Gasteiger partial charge in [0, 0.05) is 13.6 Å². The molecule has 2 rings (SSSR count). The van der Waals surface area contributed by atoms with Gasteiger partial charge in [-0.05, 0) is 0 Å². The molecular formula is C10H16N4O4. The minimum atomic E-state index is -0.560. The number of aliphatic hydroxyl groups is 1. The van der Waals surface area contributed by atoms with Crippen LogP contribution in [0.3, 0.4) is 0 Å². The zero-order valence-electron chi connectivity index (χ0n) is 10.0. The van der Waals surface area contributed by atoms with Gasteiger partial charge < -0.3 is 20.5 Å². The number of nitrogens with one attached hydrogen (secondary N) is 1. The molecule has 0 amide bonds. The van der Waals surface area contributed by atoms with Crippen LogP contribution in [0.1, 0.15) is 0 Å². The van der Waals surface area contributed by atoms with E-state index in [2.05, 4.69) is 4.98 Å². The topological polar surface area (TPSA) is 114 Å². The normalized spacial score (nSPS) is 20.1. The number of hydrogen-bond acceptors (Lipinski definition) is 6. The van der Waals surface area contributed by atoms with E-state index in [1.165, 1.54) is 11.6 Å². The summed E-state index contributed by atoms with van der Waals surface area (Å²) < 4.78 is 6.40. The van der Waals surface area contributed by atoms with Crippen LogP contribution in [-0.2, 0) is 11.8 Å². The Hall–Kier alpha value is -1.80. The van der Waals surface area contributed by atoms with Crippen LogP contribution >= 0.6 is 0 Å². The highest BCUT2D eigenvalue weighted by atomic mass is 16.5. The zero-order chi connectivity index (χ0) is 13.3. The summed E-state index contributed by atoms with van der Waals surface area (Å²) in [5.41, 5.74) is 4.91. The fourth-order valence-electron chi connectivity index (χ4n) is 2.00. The van der Waals surface area contributed by atoms with E-state index >= 15 is 0 Å². The predicted octanol–water partition coefficient (Wildman–Crippen LogP) is -2.15. The molecule has 2 heterocycles. The van der Waals surface area contributed by atoms with Crippen molar-refractivity contribution in [2.75, 3.05) is 37.0 Å². The predicted molar refractivity (Wildman–Crippen MR) is 65.8 cm³/mol.